The van der Waals surface area contributed by atoms with E-state index in [0.717, 1.165) is 21.5 Å². The van der Waals surface area contributed by atoms with Crippen LogP contribution in [0.5, 0.6) is 0 Å². The molecule has 2 aromatic carbocycles. The van der Waals surface area contributed by atoms with Gasteiger partial charge in [-0.1, -0.05) is 42.0 Å². The quantitative estimate of drug-likeness (QED) is 0.434. The van der Waals surface area contributed by atoms with Gasteiger partial charge >= 0.3 is 0 Å². The van der Waals surface area contributed by atoms with Crippen LogP contribution < -0.4 is 0 Å². The molecule has 0 bridgehead atoms. The molecule has 120 valence electrons. The highest BCUT2D eigenvalue weighted by atomic mass is 32.1. The van der Waals surface area contributed by atoms with Gasteiger partial charge in [0, 0.05) is 11.6 Å². The molecule has 0 fully saturated rings. The Bertz CT molecular complexity index is 1080. The highest BCUT2D eigenvalue weighted by Crippen LogP contribution is 2.29. The average Bonchev–Trinajstić information content (AvgIpc) is 3.27. The lowest BCUT2D eigenvalue weighted by atomic mass is 10.1. The number of fused-ring (bicyclic) bond motifs is 1. The second-order valence-electron chi connectivity index (χ2n) is 5.72. The van der Waals surface area contributed by atoms with E-state index in [4.69, 9.17) is 4.42 Å². The molecule has 25 heavy (non-hydrogen) atoms. The van der Waals surface area contributed by atoms with Crippen molar-refractivity contribution in [3.8, 4) is 17.4 Å². The molecule has 2 aromatic heterocycles. The number of benzene rings is 2. The Hall–Kier alpha value is -3.16. The molecule has 0 unspecified atom stereocenters. The molecular weight excluding hydrogens is 328 g/mol. The zero-order chi connectivity index (χ0) is 17.2. The van der Waals surface area contributed by atoms with Gasteiger partial charge in [0.1, 0.15) is 22.6 Å². The zero-order valence-corrected chi connectivity index (χ0v) is 14.4. The van der Waals surface area contributed by atoms with E-state index in [9.17, 15) is 5.26 Å². The van der Waals surface area contributed by atoms with Crippen molar-refractivity contribution in [2.45, 2.75) is 6.92 Å². The summed E-state index contributed by atoms with van der Waals surface area (Å²) in [5, 5.41) is 10.2. The molecule has 0 N–H and O–H groups in total. The largest absolute Gasteiger partial charge is 0.457 e. The van der Waals surface area contributed by atoms with Gasteiger partial charge in [0.05, 0.1) is 15.8 Å². The van der Waals surface area contributed by atoms with Crippen molar-refractivity contribution in [3.63, 3.8) is 0 Å². The van der Waals surface area contributed by atoms with Gasteiger partial charge in [-0.15, -0.1) is 11.3 Å². The van der Waals surface area contributed by atoms with Gasteiger partial charge in [-0.3, -0.25) is 0 Å². The van der Waals surface area contributed by atoms with Crippen LogP contribution >= 0.6 is 11.3 Å². The molecule has 0 atom stereocenters. The Morgan fingerprint density at radius 2 is 1.88 bits per heavy atom. The van der Waals surface area contributed by atoms with Crippen LogP contribution in [0.1, 0.15) is 16.3 Å². The lowest BCUT2D eigenvalue weighted by Crippen LogP contribution is -1.79. The van der Waals surface area contributed by atoms with Crippen LogP contribution in [0.15, 0.2) is 65.1 Å². The molecule has 0 radical (unpaired) electrons. The van der Waals surface area contributed by atoms with E-state index in [-0.39, 0.29) is 0 Å². The summed E-state index contributed by atoms with van der Waals surface area (Å²) in [5.74, 6) is 1.43. The Balaban J connectivity index is 1.69. The summed E-state index contributed by atoms with van der Waals surface area (Å²) in [4.78, 5) is 4.54. The number of aryl methyl sites for hydroxylation is 1. The van der Waals surface area contributed by atoms with Crippen molar-refractivity contribution in [3.05, 3.63) is 77.0 Å². The Labute approximate surface area is 149 Å². The second kappa shape index (κ2) is 6.39. The minimum Gasteiger partial charge on any atom is -0.457 e. The fraction of sp³-hybridized carbons (Fsp3) is 0.0476. The molecule has 4 aromatic rings. The van der Waals surface area contributed by atoms with E-state index in [1.54, 1.807) is 6.08 Å². The minimum absolute atomic E-state index is 0.506. The maximum atomic E-state index is 9.53. The van der Waals surface area contributed by atoms with Crippen LogP contribution in [0.4, 0.5) is 0 Å². The van der Waals surface area contributed by atoms with E-state index < -0.39 is 0 Å². The SMILES string of the molecule is Cc1ccc(-c2ccc(/C=C(/C#N)c3nc4ccccc4s3)o2)cc1. The first-order valence-electron chi connectivity index (χ1n) is 7.87. The molecule has 0 saturated heterocycles. The fourth-order valence-electron chi connectivity index (χ4n) is 2.57. The van der Waals surface area contributed by atoms with Gasteiger partial charge in [-0.05, 0) is 31.2 Å². The normalized spacial score (nSPS) is 11.6. The van der Waals surface area contributed by atoms with Crippen LogP contribution in [-0.2, 0) is 0 Å². The molecular formula is C21H14N2OS. The molecule has 0 amide bonds. The topological polar surface area (TPSA) is 49.8 Å². The highest BCUT2D eigenvalue weighted by Gasteiger charge is 2.10. The number of nitrogens with zero attached hydrogens (tertiary/aromatic N) is 2. The van der Waals surface area contributed by atoms with Crippen LogP contribution in [0.25, 0.3) is 33.2 Å². The van der Waals surface area contributed by atoms with Crippen molar-refractivity contribution in [1.29, 1.82) is 5.26 Å². The monoisotopic (exact) mass is 342 g/mol. The van der Waals surface area contributed by atoms with Crippen LogP contribution in [0, 0.1) is 18.3 Å². The van der Waals surface area contributed by atoms with Crippen LogP contribution in [-0.4, -0.2) is 4.98 Å². The summed E-state index contributed by atoms with van der Waals surface area (Å²) >= 11 is 1.51. The predicted molar refractivity (Wildman–Crippen MR) is 102 cm³/mol. The molecule has 0 spiro atoms. The molecule has 0 saturated carbocycles. The molecule has 0 aliphatic carbocycles. The first-order chi connectivity index (χ1) is 12.2. The first-order valence-corrected chi connectivity index (χ1v) is 8.69. The lowest BCUT2D eigenvalue weighted by Gasteiger charge is -1.97. The number of aromatic nitrogens is 1. The predicted octanol–water partition coefficient (Wildman–Crippen LogP) is 5.93. The van der Waals surface area contributed by atoms with Gasteiger partial charge in [-0.2, -0.15) is 5.26 Å². The number of para-hydroxylation sites is 1. The maximum Gasteiger partial charge on any atom is 0.135 e. The highest BCUT2D eigenvalue weighted by molar-refractivity contribution is 7.19. The van der Waals surface area contributed by atoms with Crippen molar-refractivity contribution in [2.75, 3.05) is 0 Å². The summed E-state index contributed by atoms with van der Waals surface area (Å²) in [6, 6.07) is 22.1. The summed E-state index contributed by atoms with van der Waals surface area (Å²) in [5.41, 5.74) is 3.64. The molecule has 2 heterocycles. The minimum atomic E-state index is 0.506. The van der Waals surface area contributed by atoms with Crippen LogP contribution in [0.3, 0.4) is 0 Å². The third kappa shape index (κ3) is 3.10. The van der Waals surface area contributed by atoms with Gasteiger partial charge in [0.25, 0.3) is 0 Å². The van der Waals surface area contributed by atoms with Crippen molar-refractivity contribution in [2.24, 2.45) is 0 Å². The number of hydrogen-bond acceptors (Lipinski definition) is 4. The number of hydrogen-bond donors (Lipinski definition) is 0. The van der Waals surface area contributed by atoms with Gasteiger partial charge < -0.3 is 4.42 Å². The van der Waals surface area contributed by atoms with Gasteiger partial charge in [0.2, 0.25) is 0 Å². The van der Waals surface area contributed by atoms with Crippen LogP contribution in [0.2, 0.25) is 0 Å². The Morgan fingerprint density at radius 1 is 1.08 bits per heavy atom. The van der Waals surface area contributed by atoms with Gasteiger partial charge in [-0.25, -0.2) is 4.98 Å². The van der Waals surface area contributed by atoms with E-state index in [1.165, 1.54) is 16.9 Å². The number of allylic oxidation sites excluding steroid dienone is 1. The Morgan fingerprint density at radius 3 is 2.64 bits per heavy atom. The van der Waals surface area contributed by atoms with Crippen molar-refractivity contribution >= 4 is 33.2 Å². The fourth-order valence-corrected chi connectivity index (χ4v) is 3.51. The van der Waals surface area contributed by atoms with E-state index in [2.05, 4.69) is 30.1 Å². The summed E-state index contributed by atoms with van der Waals surface area (Å²) in [7, 11) is 0. The lowest BCUT2D eigenvalue weighted by molar-refractivity contribution is 0.572. The average molecular weight is 342 g/mol. The smallest absolute Gasteiger partial charge is 0.135 e. The second-order valence-corrected chi connectivity index (χ2v) is 6.76. The summed E-state index contributed by atoms with van der Waals surface area (Å²) in [6.07, 6.45) is 1.75. The number of furan rings is 1. The number of rotatable bonds is 3. The third-order valence-electron chi connectivity index (χ3n) is 3.89. The molecule has 3 nitrogen and oxygen atoms in total. The first kappa shape index (κ1) is 15.4. The van der Waals surface area contributed by atoms with E-state index >= 15 is 0 Å². The molecule has 4 heteroatoms. The third-order valence-corrected chi connectivity index (χ3v) is 4.96. The Kier molecular flexibility index (Phi) is 3.93. The van der Waals surface area contributed by atoms with E-state index in [0.29, 0.717) is 16.3 Å². The summed E-state index contributed by atoms with van der Waals surface area (Å²) < 4.78 is 6.95. The maximum absolute atomic E-state index is 9.53. The van der Waals surface area contributed by atoms with Gasteiger partial charge in [0.15, 0.2) is 0 Å². The van der Waals surface area contributed by atoms with Crippen molar-refractivity contribution in [1.82, 2.24) is 4.98 Å². The van der Waals surface area contributed by atoms with Crippen molar-refractivity contribution < 1.29 is 4.42 Å². The summed E-state index contributed by atoms with van der Waals surface area (Å²) in [6.45, 7) is 2.05. The van der Waals surface area contributed by atoms with E-state index in [1.807, 2.05) is 48.5 Å². The molecule has 0 aliphatic heterocycles. The number of nitriles is 1. The standard InChI is InChI=1S/C21H14N2OS/c1-14-6-8-15(9-7-14)19-11-10-17(24-19)12-16(13-22)21-23-18-4-2-3-5-20(18)25-21/h2-12H,1H3/b16-12-. The molecule has 0 aliphatic rings. The molecule has 4 rings (SSSR count). The zero-order valence-electron chi connectivity index (χ0n) is 13.6. The number of thiazole rings is 1.